The Balaban J connectivity index is 4.70. The second-order valence-corrected chi connectivity index (χ2v) is 11.3. The maximum absolute atomic E-state index is 12.4. The minimum atomic E-state index is -4.63. The summed E-state index contributed by atoms with van der Waals surface area (Å²) < 4.78 is 32.2. The van der Waals surface area contributed by atoms with Gasteiger partial charge in [0.2, 0.25) is 0 Å². The van der Waals surface area contributed by atoms with Gasteiger partial charge in [0.15, 0.2) is 6.10 Å². The van der Waals surface area contributed by atoms with Crippen LogP contribution in [0.3, 0.4) is 0 Å². The first-order valence-electron chi connectivity index (χ1n) is 15.5. The molecular weight excluding hydrogens is 587 g/mol. The van der Waals surface area contributed by atoms with Crippen molar-refractivity contribution in [3.05, 3.63) is 72.9 Å². The van der Waals surface area contributed by atoms with Crippen LogP contribution < -0.4 is 0 Å². The molecule has 11 heteroatoms. The molecule has 0 radical (unpaired) electrons. The number of carbonyl (C=O) groups excluding carboxylic acids is 2. The summed E-state index contributed by atoms with van der Waals surface area (Å²) in [6.45, 7) is 1.98. The van der Waals surface area contributed by atoms with Crippen LogP contribution in [-0.2, 0) is 32.7 Å². The molecule has 0 fully saturated rings. The molecular formula is C33H53O10P. The Labute approximate surface area is 263 Å². The molecule has 0 spiro atoms. The molecule has 3 N–H and O–H groups in total. The fraction of sp³-hybridized carbons (Fsp3) is 0.576. The van der Waals surface area contributed by atoms with Gasteiger partial charge in [-0.1, -0.05) is 106 Å². The van der Waals surface area contributed by atoms with E-state index in [1.54, 1.807) is 0 Å². The SMILES string of the molecule is CC/C=C/C=C/C=C/C=C/C=C/CCCC(=O)OC(COC(=O)CC/C=C/CCCCCC)COP(=O)(O)OC[C@@H](O)CO. The fourth-order valence-corrected chi connectivity index (χ4v) is 4.12. The van der Waals surface area contributed by atoms with E-state index in [0.29, 0.717) is 19.3 Å². The monoisotopic (exact) mass is 640 g/mol. The van der Waals surface area contributed by atoms with Crippen molar-refractivity contribution in [3.63, 3.8) is 0 Å². The topological polar surface area (TPSA) is 149 Å². The molecule has 0 aliphatic rings. The van der Waals surface area contributed by atoms with Gasteiger partial charge in [-0.05, 0) is 38.5 Å². The number of carbonyl (C=O) groups is 2. The lowest BCUT2D eigenvalue weighted by molar-refractivity contribution is -0.161. The zero-order chi connectivity index (χ0) is 32.7. The summed E-state index contributed by atoms with van der Waals surface area (Å²) in [6.07, 6.45) is 29.3. The minimum Gasteiger partial charge on any atom is -0.462 e. The number of hydrogen-bond acceptors (Lipinski definition) is 9. The number of hydrogen-bond donors (Lipinski definition) is 3. The molecule has 3 atom stereocenters. The third-order valence-corrected chi connectivity index (χ3v) is 6.69. The number of aliphatic hydroxyl groups is 2. The first-order chi connectivity index (χ1) is 21.2. The summed E-state index contributed by atoms with van der Waals surface area (Å²) in [6, 6.07) is 0. The lowest BCUT2D eigenvalue weighted by atomic mass is 10.1. The Bertz CT molecular complexity index is 968. The number of allylic oxidation sites excluding steroid dienone is 12. The van der Waals surface area contributed by atoms with E-state index in [9.17, 15) is 24.2 Å². The van der Waals surface area contributed by atoms with Crippen LogP contribution in [0.1, 0.15) is 84.5 Å². The van der Waals surface area contributed by atoms with E-state index >= 15 is 0 Å². The number of esters is 2. The van der Waals surface area contributed by atoms with Gasteiger partial charge >= 0.3 is 19.8 Å². The maximum atomic E-state index is 12.4. The summed E-state index contributed by atoms with van der Waals surface area (Å²) in [7, 11) is -4.63. The molecule has 250 valence electrons. The van der Waals surface area contributed by atoms with Gasteiger partial charge in [0.1, 0.15) is 12.7 Å². The first-order valence-corrected chi connectivity index (χ1v) is 17.0. The number of rotatable bonds is 27. The normalized spacial score (nSPS) is 15.3. The third kappa shape index (κ3) is 28.2. The van der Waals surface area contributed by atoms with E-state index < -0.39 is 51.8 Å². The highest BCUT2D eigenvalue weighted by Crippen LogP contribution is 2.43. The minimum absolute atomic E-state index is 0.0769. The second-order valence-electron chi connectivity index (χ2n) is 9.86. The van der Waals surface area contributed by atoms with E-state index in [4.69, 9.17) is 19.1 Å². The van der Waals surface area contributed by atoms with Crippen molar-refractivity contribution in [2.45, 2.75) is 96.7 Å². The maximum Gasteiger partial charge on any atom is 0.472 e. The lowest BCUT2D eigenvalue weighted by Crippen LogP contribution is -2.29. The molecule has 0 bridgehead atoms. The van der Waals surface area contributed by atoms with E-state index in [0.717, 1.165) is 19.3 Å². The molecule has 0 rings (SSSR count). The quantitative estimate of drug-likeness (QED) is 0.0295. The standard InChI is InChI=1S/C33H53O10P/c1-3-5-7-9-11-13-14-15-16-17-19-21-23-25-33(37)43-31(29-42-44(38,39)41-27-30(35)26-34)28-40-32(36)24-22-20-18-12-10-8-6-4-2/h5,7,9,11,13-20,30-31,34-35H,3-4,6,8,10,12,21-29H2,1-2H3,(H,38,39)/b7-5+,11-9+,14-13+,16-15+,19-17+,20-18+/t30-,31?/m0/s1. The van der Waals surface area contributed by atoms with Gasteiger partial charge in [0.05, 0.1) is 19.8 Å². The number of phosphoric ester groups is 1. The summed E-state index contributed by atoms with van der Waals surface area (Å²) in [5.41, 5.74) is 0. The van der Waals surface area contributed by atoms with E-state index in [2.05, 4.69) is 24.4 Å². The van der Waals surface area contributed by atoms with Crippen LogP contribution in [0.4, 0.5) is 0 Å². The summed E-state index contributed by atoms with van der Waals surface area (Å²) >= 11 is 0. The van der Waals surface area contributed by atoms with Gasteiger partial charge in [-0.3, -0.25) is 18.6 Å². The lowest BCUT2D eigenvalue weighted by Gasteiger charge is -2.20. The van der Waals surface area contributed by atoms with Crippen LogP contribution in [0, 0.1) is 0 Å². The first kappa shape index (κ1) is 41.4. The Morgan fingerprint density at radius 3 is 1.98 bits per heavy atom. The van der Waals surface area contributed by atoms with Crippen LogP contribution >= 0.6 is 7.82 Å². The molecule has 0 amide bonds. The van der Waals surface area contributed by atoms with Crippen LogP contribution in [0.15, 0.2) is 72.9 Å². The zero-order valence-corrected chi connectivity index (χ0v) is 27.2. The van der Waals surface area contributed by atoms with E-state index in [1.807, 2.05) is 66.8 Å². The number of ether oxygens (including phenoxy) is 2. The molecule has 0 heterocycles. The molecule has 0 saturated carbocycles. The van der Waals surface area contributed by atoms with Crippen LogP contribution in [0.2, 0.25) is 0 Å². The average molecular weight is 641 g/mol. The highest BCUT2D eigenvalue weighted by atomic mass is 31.2. The van der Waals surface area contributed by atoms with Crippen molar-refractivity contribution >= 4 is 19.8 Å². The van der Waals surface area contributed by atoms with Gasteiger partial charge in [0, 0.05) is 12.8 Å². The Hall–Kier alpha value is -2.59. The van der Waals surface area contributed by atoms with E-state index in [1.165, 1.54) is 19.3 Å². The second kappa shape index (κ2) is 29.1. The van der Waals surface area contributed by atoms with Crippen molar-refractivity contribution in [2.24, 2.45) is 0 Å². The van der Waals surface area contributed by atoms with Crippen molar-refractivity contribution in [1.82, 2.24) is 0 Å². The molecule has 0 saturated heterocycles. The average Bonchev–Trinajstić information content (AvgIpc) is 3.00. The largest absolute Gasteiger partial charge is 0.472 e. The van der Waals surface area contributed by atoms with Crippen molar-refractivity contribution in [1.29, 1.82) is 0 Å². The van der Waals surface area contributed by atoms with Crippen LogP contribution in [-0.4, -0.2) is 65.7 Å². The van der Waals surface area contributed by atoms with Crippen molar-refractivity contribution in [2.75, 3.05) is 26.4 Å². The summed E-state index contributed by atoms with van der Waals surface area (Å²) in [4.78, 5) is 34.4. The fourth-order valence-electron chi connectivity index (χ4n) is 3.33. The van der Waals surface area contributed by atoms with Crippen LogP contribution in [0.5, 0.6) is 0 Å². The number of aliphatic hydroxyl groups excluding tert-OH is 2. The smallest absolute Gasteiger partial charge is 0.462 e. The molecule has 2 unspecified atom stereocenters. The van der Waals surface area contributed by atoms with Gasteiger partial charge < -0.3 is 24.6 Å². The van der Waals surface area contributed by atoms with Gasteiger partial charge in [-0.15, -0.1) is 0 Å². The van der Waals surface area contributed by atoms with Gasteiger partial charge in [-0.25, -0.2) is 4.57 Å². The molecule has 0 aromatic carbocycles. The zero-order valence-electron chi connectivity index (χ0n) is 26.3. The van der Waals surface area contributed by atoms with Crippen LogP contribution in [0.25, 0.3) is 0 Å². The Morgan fingerprint density at radius 1 is 0.705 bits per heavy atom. The number of unbranched alkanes of at least 4 members (excludes halogenated alkanes) is 5. The predicted molar refractivity (Wildman–Crippen MR) is 173 cm³/mol. The summed E-state index contributed by atoms with van der Waals surface area (Å²) in [5, 5.41) is 18.2. The van der Waals surface area contributed by atoms with E-state index in [-0.39, 0.29) is 19.4 Å². The molecule has 0 aromatic heterocycles. The van der Waals surface area contributed by atoms with Gasteiger partial charge in [0.25, 0.3) is 0 Å². The highest BCUT2D eigenvalue weighted by Gasteiger charge is 2.27. The molecule has 0 aliphatic heterocycles. The Morgan fingerprint density at radius 2 is 1.32 bits per heavy atom. The number of phosphoric acid groups is 1. The molecule has 0 aliphatic carbocycles. The predicted octanol–water partition coefficient (Wildman–Crippen LogP) is 6.60. The van der Waals surface area contributed by atoms with Gasteiger partial charge in [-0.2, -0.15) is 0 Å². The van der Waals surface area contributed by atoms with Crippen molar-refractivity contribution < 1.29 is 47.8 Å². The third-order valence-electron chi connectivity index (χ3n) is 5.74. The molecule has 10 nitrogen and oxygen atoms in total. The Kier molecular flexibility index (Phi) is 27.4. The van der Waals surface area contributed by atoms with Crippen molar-refractivity contribution in [3.8, 4) is 0 Å². The summed E-state index contributed by atoms with van der Waals surface area (Å²) in [5.74, 6) is -1.09. The molecule has 0 aromatic rings. The molecule has 44 heavy (non-hydrogen) atoms. The highest BCUT2D eigenvalue weighted by molar-refractivity contribution is 7.47.